The summed E-state index contributed by atoms with van der Waals surface area (Å²) in [4.78, 5) is 0. The van der Waals surface area contributed by atoms with Crippen LogP contribution >= 0.6 is 11.8 Å². The second-order valence-corrected chi connectivity index (χ2v) is 5.24. The largest absolute Gasteiger partial charge is 0.310 e. The van der Waals surface area contributed by atoms with Crippen molar-refractivity contribution in [1.29, 1.82) is 0 Å². The van der Waals surface area contributed by atoms with Crippen molar-refractivity contribution in [2.24, 2.45) is 0 Å². The van der Waals surface area contributed by atoms with E-state index in [0.29, 0.717) is 6.04 Å². The molecule has 0 spiro atoms. The van der Waals surface area contributed by atoms with Crippen LogP contribution in [-0.4, -0.2) is 27.3 Å². The molecule has 0 radical (unpaired) electrons. The normalized spacial score (nSPS) is 11.2. The molecule has 1 rings (SSSR count). The smallest absolute Gasteiger partial charge is 0.0534 e. The zero-order valence-corrected chi connectivity index (χ0v) is 10.7. The van der Waals surface area contributed by atoms with E-state index in [1.165, 1.54) is 11.3 Å². The first kappa shape index (κ1) is 12.6. The van der Waals surface area contributed by atoms with E-state index in [9.17, 15) is 0 Å². The standard InChI is InChI=1S/C11H21N3S/c1-4-15-6-5-14-9-11(8-13-14)7-12-10(2)3/h8-10,12H,4-7H2,1-3H3. The third kappa shape index (κ3) is 5.23. The van der Waals surface area contributed by atoms with Crippen LogP contribution in [0.15, 0.2) is 12.4 Å². The lowest BCUT2D eigenvalue weighted by Gasteiger charge is -2.05. The molecule has 0 amide bonds. The van der Waals surface area contributed by atoms with Crippen molar-refractivity contribution in [3.05, 3.63) is 18.0 Å². The van der Waals surface area contributed by atoms with E-state index in [1.807, 2.05) is 22.6 Å². The number of nitrogens with zero attached hydrogens (tertiary/aromatic N) is 2. The van der Waals surface area contributed by atoms with Gasteiger partial charge in [0.1, 0.15) is 0 Å². The maximum atomic E-state index is 4.33. The SMILES string of the molecule is CCSCCn1cc(CNC(C)C)cn1. The van der Waals surface area contributed by atoms with Crippen LogP contribution < -0.4 is 5.32 Å². The van der Waals surface area contributed by atoms with Crippen LogP contribution in [-0.2, 0) is 13.1 Å². The Labute approximate surface area is 96.6 Å². The highest BCUT2D eigenvalue weighted by molar-refractivity contribution is 7.99. The van der Waals surface area contributed by atoms with Crippen molar-refractivity contribution in [2.45, 2.75) is 39.9 Å². The van der Waals surface area contributed by atoms with Gasteiger partial charge in [0, 0.05) is 36.6 Å². The first-order valence-electron chi connectivity index (χ1n) is 5.54. The van der Waals surface area contributed by atoms with Crippen LogP contribution in [0, 0.1) is 0 Å². The number of aryl methyl sites for hydroxylation is 1. The molecule has 86 valence electrons. The molecule has 1 aromatic heterocycles. The summed E-state index contributed by atoms with van der Waals surface area (Å²) in [6.45, 7) is 8.43. The van der Waals surface area contributed by atoms with E-state index in [0.717, 1.165) is 18.8 Å². The molecule has 0 aliphatic carbocycles. The predicted octanol–water partition coefficient (Wildman–Crippen LogP) is 2.13. The lowest BCUT2D eigenvalue weighted by atomic mass is 10.3. The Morgan fingerprint density at radius 1 is 1.53 bits per heavy atom. The van der Waals surface area contributed by atoms with Crippen molar-refractivity contribution in [3.8, 4) is 0 Å². The fourth-order valence-corrected chi connectivity index (χ4v) is 1.85. The van der Waals surface area contributed by atoms with Gasteiger partial charge in [-0.25, -0.2) is 0 Å². The number of hydrogen-bond acceptors (Lipinski definition) is 3. The summed E-state index contributed by atoms with van der Waals surface area (Å²) in [6.07, 6.45) is 4.08. The van der Waals surface area contributed by atoms with Gasteiger partial charge in [-0.2, -0.15) is 16.9 Å². The van der Waals surface area contributed by atoms with Crippen LogP contribution in [0.25, 0.3) is 0 Å². The third-order valence-electron chi connectivity index (χ3n) is 2.07. The van der Waals surface area contributed by atoms with E-state index in [4.69, 9.17) is 0 Å². The highest BCUT2D eigenvalue weighted by Crippen LogP contribution is 2.02. The minimum atomic E-state index is 0.531. The highest BCUT2D eigenvalue weighted by atomic mass is 32.2. The van der Waals surface area contributed by atoms with Gasteiger partial charge < -0.3 is 5.32 Å². The van der Waals surface area contributed by atoms with Gasteiger partial charge >= 0.3 is 0 Å². The molecule has 15 heavy (non-hydrogen) atoms. The molecule has 1 aromatic rings. The zero-order valence-electron chi connectivity index (χ0n) is 9.86. The number of thioether (sulfide) groups is 1. The van der Waals surface area contributed by atoms with Gasteiger partial charge in [-0.15, -0.1) is 0 Å². The van der Waals surface area contributed by atoms with Crippen LogP contribution in [0.4, 0.5) is 0 Å². The van der Waals surface area contributed by atoms with Gasteiger partial charge in [-0.05, 0) is 5.75 Å². The Kier molecular flexibility index (Phi) is 5.79. The molecule has 3 nitrogen and oxygen atoms in total. The Morgan fingerprint density at radius 2 is 2.33 bits per heavy atom. The molecule has 1 N–H and O–H groups in total. The minimum Gasteiger partial charge on any atom is -0.310 e. The van der Waals surface area contributed by atoms with Crippen molar-refractivity contribution in [3.63, 3.8) is 0 Å². The summed E-state index contributed by atoms with van der Waals surface area (Å²) < 4.78 is 2.03. The summed E-state index contributed by atoms with van der Waals surface area (Å²) in [6, 6.07) is 0.531. The molecule has 0 atom stereocenters. The molecular weight excluding hydrogens is 206 g/mol. The zero-order chi connectivity index (χ0) is 11.1. The highest BCUT2D eigenvalue weighted by Gasteiger charge is 1.99. The predicted molar refractivity (Wildman–Crippen MR) is 67.2 cm³/mol. The number of rotatable bonds is 7. The van der Waals surface area contributed by atoms with E-state index in [-0.39, 0.29) is 0 Å². The molecule has 0 bridgehead atoms. The van der Waals surface area contributed by atoms with E-state index in [2.05, 4.69) is 37.4 Å². The van der Waals surface area contributed by atoms with Gasteiger partial charge in [0.15, 0.2) is 0 Å². The topological polar surface area (TPSA) is 29.9 Å². The molecule has 0 fully saturated rings. The molecule has 0 aliphatic heterocycles. The quantitative estimate of drug-likeness (QED) is 0.724. The first-order chi connectivity index (χ1) is 7.22. The Hall–Kier alpha value is -0.480. The molecule has 0 unspecified atom stereocenters. The van der Waals surface area contributed by atoms with E-state index in [1.54, 1.807) is 0 Å². The molecule has 0 saturated carbocycles. The average Bonchev–Trinajstić information content (AvgIpc) is 2.63. The molecule has 0 saturated heterocycles. The number of hydrogen-bond donors (Lipinski definition) is 1. The van der Waals surface area contributed by atoms with Crippen molar-refractivity contribution >= 4 is 11.8 Å². The summed E-state index contributed by atoms with van der Waals surface area (Å²) in [5, 5.41) is 7.71. The fourth-order valence-electron chi connectivity index (χ4n) is 1.24. The molecule has 0 aromatic carbocycles. The van der Waals surface area contributed by atoms with Crippen LogP contribution in [0.3, 0.4) is 0 Å². The van der Waals surface area contributed by atoms with Crippen LogP contribution in [0.1, 0.15) is 26.3 Å². The second-order valence-electron chi connectivity index (χ2n) is 3.84. The third-order valence-corrected chi connectivity index (χ3v) is 2.95. The van der Waals surface area contributed by atoms with Gasteiger partial charge in [-0.3, -0.25) is 4.68 Å². The fraction of sp³-hybridized carbons (Fsp3) is 0.727. The Morgan fingerprint density at radius 3 is 3.00 bits per heavy atom. The molecule has 0 aliphatic rings. The van der Waals surface area contributed by atoms with Gasteiger partial charge in [0.2, 0.25) is 0 Å². The summed E-state index contributed by atoms with van der Waals surface area (Å²) in [7, 11) is 0. The van der Waals surface area contributed by atoms with Crippen LogP contribution in [0.2, 0.25) is 0 Å². The van der Waals surface area contributed by atoms with Crippen LogP contribution in [0.5, 0.6) is 0 Å². The minimum absolute atomic E-state index is 0.531. The summed E-state index contributed by atoms with van der Waals surface area (Å²) in [5.74, 6) is 2.33. The maximum Gasteiger partial charge on any atom is 0.0534 e. The maximum absolute atomic E-state index is 4.33. The van der Waals surface area contributed by atoms with E-state index < -0.39 is 0 Å². The summed E-state index contributed by atoms with van der Waals surface area (Å²) >= 11 is 1.95. The Bertz CT molecular complexity index is 271. The van der Waals surface area contributed by atoms with Gasteiger partial charge in [0.25, 0.3) is 0 Å². The molecule has 1 heterocycles. The Balaban J connectivity index is 2.29. The second kappa shape index (κ2) is 6.90. The monoisotopic (exact) mass is 227 g/mol. The average molecular weight is 227 g/mol. The van der Waals surface area contributed by atoms with Gasteiger partial charge in [0.05, 0.1) is 6.20 Å². The summed E-state index contributed by atoms with van der Waals surface area (Å²) in [5.41, 5.74) is 1.27. The molecular formula is C11H21N3S. The lowest BCUT2D eigenvalue weighted by Crippen LogP contribution is -2.21. The van der Waals surface area contributed by atoms with Crippen molar-refractivity contribution in [2.75, 3.05) is 11.5 Å². The number of aromatic nitrogens is 2. The van der Waals surface area contributed by atoms with Gasteiger partial charge in [-0.1, -0.05) is 20.8 Å². The first-order valence-corrected chi connectivity index (χ1v) is 6.70. The molecule has 4 heteroatoms. The van der Waals surface area contributed by atoms with Crippen molar-refractivity contribution < 1.29 is 0 Å². The number of nitrogens with one attached hydrogen (secondary N) is 1. The van der Waals surface area contributed by atoms with E-state index >= 15 is 0 Å². The van der Waals surface area contributed by atoms with Crippen molar-refractivity contribution in [1.82, 2.24) is 15.1 Å². The lowest BCUT2D eigenvalue weighted by molar-refractivity contribution is 0.588.